The zero-order chi connectivity index (χ0) is 17.8. The SMILES string of the molecule is CCN(Cc1ccccc1)C(=O)C1CC1C(=O)Nc1ccc(Cl)cc1. The predicted octanol–water partition coefficient (Wildman–Crippen LogP) is 3.96. The second-order valence-electron chi connectivity index (χ2n) is 6.28. The van der Waals surface area contributed by atoms with E-state index in [1.54, 1.807) is 24.3 Å². The number of rotatable bonds is 6. The molecule has 2 aromatic carbocycles. The van der Waals surface area contributed by atoms with Crippen molar-refractivity contribution in [3.8, 4) is 0 Å². The number of carbonyl (C=O) groups excluding carboxylic acids is 2. The Labute approximate surface area is 152 Å². The average molecular weight is 357 g/mol. The van der Waals surface area contributed by atoms with Crippen LogP contribution in [0.15, 0.2) is 54.6 Å². The molecule has 0 bridgehead atoms. The number of anilines is 1. The van der Waals surface area contributed by atoms with Gasteiger partial charge in [-0.1, -0.05) is 41.9 Å². The monoisotopic (exact) mass is 356 g/mol. The van der Waals surface area contributed by atoms with E-state index in [2.05, 4.69) is 5.32 Å². The van der Waals surface area contributed by atoms with Gasteiger partial charge in [-0.25, -0.2) is 0 Å². The van der Waals surface area contributed by atoms with Crippen LogP contribution in [0.4, 0.5) is 5.69 Å². The van der Waals surface area contributed by atoms with Crippen LogP contribution in [-0.2, 0) is 16.1 Å². The number of nitrogens with zero attached hydrogens (tertiary/aromatic N) is 1. The molecule has 25 heavy (non-hydrogen) atoms. The van der Waals surface area contributed by atoms with Crippen molar-refractivity contribution in [1.82, 2.24) is 4.90 Å². The Bertz CT molecular complexity index is 746. The zero-order valence-corrected chi connectivity index (χ0v) is 14.9. The lowest BCUT2D eigenvalue weighted by Crippen LogP contribution is -2.33. The quantitative estimate of drug-likeness (QED) is 0.851. The highest BCUT2D eigenvalue weighted by molar-refractivity contribution is 6.30. The molecule has 1 aliphatic rings. The van der Waals surface area contributed by atoms with Crippen molar-refractivity contribution in [3.05, 3.63) is 65.2 Å². The molecule has 130 valence electrons. The van der Waals surface area contributed by atoms with E-state index in [9.17, 15) is 9.59 Å². The Morgan fingerprint density at radius 1 is 1.08 bits per heavy atom. The highest BCUT2D eigenvalue weighted by atomic mass is 35.5. The molecule has 2 atom stereocenters. The molecular formula is C20H21ClN2O2. The molecule has 1 fully saturated rings. The third-order valence-corrected chi connectivity index (χ3v) is 4.72. The van der Waals surface area contributed by atoms with Crippen LogP contribution in [0.25, 0.3) is 0 Å². The van der Waals surface area contributed by atoms with Gasteiger partial charge in [-0.3, -0.25) is 9.59 Å². The largest absolute Gasteiger partial charge is 0.338 e. The van der Waals surface area contributed by atoms with Gasteiger partial charge in [0, 0.05) is 23.8 Å². The normalized spacial score (nSPS) is 18.5. The molecular weight excluding hydrogens is 336 g/mol. The number of carbonyl (C=O) groups is 2. The van der Waals surface area contributed by atoms with Gasteiger partial charge in [0.25, 0.3) is 0 Å². The second-order valence-corrected chi connectivity index (χ2v) is 6.72. The van der Waals surface area contributed by atoms with Crippen molar-refractivity contribution < 1.29 is 9.59 Å². The zero-order valence-electron chi connectivity index (χ0n) is 14.1. The Morgan fingerprint density at radius 2 is 1.76 bits per heavy atom. The Morgan fingerprint density at radius 3 is 2.40 bits per heavy atom. The van der Waals surface area contributed by atoms with Gasteiger partial charge in [-0.05, 0) is 43.2 Å². The number of hydrogen-bond donors (Lipinski definition) is 1. The molecule has 4 nitrogen and oxygen atoms in total. The standard InChI is InChI=1S/C20H21ClN2O2/c1-2-23(13-14-6-4-3-5-7-14)20(25)18-12-17(18)19(24)22-16-10-8-15(21)9-11-16/h3-11,17-18H,2,12-13H2,1H3,(H,22,24). The average Bonchev–Trinajstić information content (AvgIpc) is 3.43. The van der Waals surface area contributed by atoms with Crippen molar-refractivity contribution in [2.24, 2.45) is 11.8 Å². The molecule has 1 saturated carbocycles. The predicted molar refractivity (Wildman–Crippen MR) is 99.2 cm³/mol. The summed E-state index contributed by atoms with van der Waals surface area (Å²) in [5, 5.41) is 3.48. The molecule has 5 heteroatoms. The van der Waals surface area contributed by atoms with Crippen molar-refractivity contribution in [1.29, 1.82) is 0 Å². The molecule has 2 unspecified atom stereocenters. The Kier molecular flexibility index (Phi) is 5.39. The van der Waals surface area contributed by atoms with Crippen LogP contribution in [0.5, 0.6) is 0 Å². The van der Waals surface area contributed by atoms with E-state index in [4.69, 9.17) is 11.6 Å². The van der Waals surface area contributed by atoms with Gasteiger partial charge in [-0.15, -0.1) is 0 Å². The summed E-state index contributed by atoms with van der Waals surface area (Å²) in [6.45, 7) is 3.18. The first-order valence-electron chi connectivity index (χ1n) is 8.47. The maximum atomic E-state index is 12.7. The fraction of sp³-hybridized carbons (Fsp3) is 0.300. The molecule has 3 rings (SSSR count). The maximum Gasteiger partial charge on any atom is 0.228 e. The van der Waals surface area contributed by atoms with Gasteiger partial charge in [0.15, 0.2) is 0 Å². The Balaban J connectivity index is 1.56. The second kappa shape index (κ2) is 7.70. The van der Waals surface area contributed by atoms with Crippen LogP contribution in [0.3, 0.4) is 0 Å². The van der Waals surface area contributed by atoms with Gasteiger partial charge in [0.2, 0.25) is 11.8 Å². The maximum absolute atomic E-state index is 12.7. The van der Waals surface area contributed by atoms with Crippen LogP contribution in [-0.4, -0.2) is 23.3 Å². The summed E-state index contributed by atoms with van der Waals surface area (Å²) >= 11 is 5.84. The van der Waals surface area contributed by atoms with E-state index in [0.717, 1.165) is 5.56 Å². The van der Waals surface area contributed by atoms with Crippen LogP contribution in [0.1, 0.15) is 18.9 Å². The van der Waals surface area contributed by atoms with E-state index in [-0.39, 0.29) is 23.7 Å². The summed E-state index contributed by atoms with van der Waals surface area (Å²) in [5.74, 6) is -0.497. The smallest absolute Gasteiger partial charge is 0.228 e. The van der Waals surface area contributed by atoms with Crippen molar-refractivity contribution in [2.45, 2.75) is 19.9 Å². The Hall–Kier alpha value is -2.33. The lowest BCUT2D eigenvalue weighted by atomic mass is 10.2. The van der Waals surface area contributed by atoms with Gasteiger partial charge < -0.3 is 10.2 Å². The summed E-state index contributed by atoms with van der Waals surface area (Å²) < 4.78 is 0. The highest BCUT2D eigenvalue weighted by Crippen LogP contribution is 2.41. The lowest BCUT2D eigenvalue weighted by molar-refractivity contribution is -0.134. The van der Waals surface area contributed by atoms with E-state index in [1.807, 2.05) is 42.2 Å². The van der Waals surface area contributed by atoms with E-state index in [0.29, 0.717) is 30.2 Å². The summed E-state index contributed by atoms with van der Waals surface area (Å²) in [5.41, 5.74) is 1.80. The molecule has 0 aromatic heterocycles. The molecule has 2 amide bonds. The first-order valence-corrected chi connectivity index (χ1v) is 8.85. The van der Waals surface area contributed by atoms with Crippen molar-refractivity contribution in [3.63, 3.8) is 0 Å². The van der Waals surface area contributed by atoms with Crippen molar-refractivity contribution >= 4 is 29.1 Å². The summed E-state index contributed by atoms with van der Waals surface area (Å²) in [7, 11) is 0. The molecule has 0 heterocycles. The molecule has 1 N–H and O–H groups in total. The minimum Gasteiger partial charge on any atom is -0.338 e. The number of nitrogens with one attached hydrogen (secondary N) is 1. The molecule has 0 radical (unpaired) electrons. The lowest BCUT2D eigenvalue weighted by Gasteiger charge is -2.21. The first kappa shape index (κ1) is 17.5. The first-order chi connectivity index (χ1) is 12.1. The fourth-order valence-corrected chi connectivity index (χ4v) is 3.04. The van der Waals surface area contributed by atoms with Crippen LogP contribution in [0.2, 0.25) is 5.02 Å². The topological polar surface area (TPSA) is 49.4 Å². The molecule has 0 saturated heterocycles. The minimum absolute atomic E-state index is 0.0580. The summed E-state index contributed by atoms with van der Waals surface area (Å²) in [6.07, 6.45) is 0.615. The fourth-order valence-electron chi connectivity index (χ4n) is 2.91. The number of benzene rings is 2. The van der Waals surface area contributed by atoms with Crippen LogP contribution in [0, 0.1) is 11.8 Å². The van der Waals surface area contributed by atoms with Gasteiger partial charge in [0.05, 0.1) is 11.8 Å². The summed E-state index contributed by atoms with van der Waals surface area (Å²) in [6, 6.07) is 16.9. The number of amides is 2. The van der Waals surface area contributed by atoms with E-state index < -0.39 is 0 Å². The minimum atomic E-state index is -0.243. The molecule has 1 aliphatic carbocycles. The van der Waals surface area contributed by atoms with Gasteiger partial charge in [0.1, 0.15) is 0 Å². The van der Waals surface area contributed by atoms with Crippen LogP contribution < -0.4 is 5.32 Å². The number of hydrogen-bond acceptors (Lipinski definition) is 2. The summed E-state index contributed by atoms with van der Waals surface area (Å²) in [4.78, 5) is 26.8. The van der Waals surface area contributed by atoms with E-state index >= 15 is 0 Å². The molecule has 0 spiro atoms. The van der Waals surface area contributed by atoms with Crippen LogP contribution >= 0.6 is 11.6 Å². The number of halogens is 1. The van der Waals surface area contributed by atoms with Gasteiger partial charge >= 0.3 is 0 Å². The highest BCUT2D eigenvalue weighted by Gasteiger charge is 2.49. The van der Waals surface area contributed by atoms with E-state index in [1.165, 1.54) is 0 Å². The molecule has 2 aromatic rings. The van der Waals surface area contributed by atoms with Crippen molar-refractivity contribution in [2.75, 3.05) is 11.9 Å². The third-order valence-electron chi connectivity index (χ3n) is 4.47. The van der Waals surface area contributed by atoms with Gasteiger partial charge in [-0.2, -0.15) is 0 Å². The molecule has 0 aliphatic heterocycles. The third kappa shape index (κ3) is 4.40.